The fourth-order valence-corrected chi connectivity index (χ4v) is 2.39. The number of hydrogen-bond acceptors (Lipinski definition) is 2. The Labute approximate surface area is 131 Å². The van der Waals surface area contributed by atoms with E-state index in [1.807, 2.05) is 25.1 Å². The van der Waals surface area contributed by atoms with E-state index in [1.165, 1.54) is 0 Å². The molecule has 5 heteroatoms. The Morgan fingerprint density at radius 1 is 1.30 bits per heavy atom. The Hall–Kier alpha value is -1.52. The number of carbonyl (C=O) groups is 1. The van der Waals surface area contributed by atoms with Gasteiger partial charge in [-0.15, -0.1) is 0 Å². The van der Waals surface area contributed by atoms with Crippen molar-refractivity contribution in [1.82, 2.24) is 5.32 Å². The molecule has 0 saturated heterocycles. The van der Waals surface area contributed by atoms with E-state index in [4.69, 9.17) is 17.3 Å². The third-order valence-electron chi connectivity index (χ3n) is 2.96. The lowest BCUT2D eigenvalue weighted by Crippen LogP contribution is -2.26. The van der Waals surface area contributed by atoms with Crippen LogP contribution in [0.5, 0.6) is 0 Å². The van der Waals surface area contributed by atoms with Crippen LogP contribution in [0.25, 0.3) is 0 Å². The fourth-order valence-electron chi connectivity index (χ4n) is 1.81. The molecule has 0 aliphatic carbocycles. The quantitative estimate of drug-likeness (QED) is 0.813. The van der Waals surface area contributed by atoms with Crippen molar-refractivity contribution < 1.29 is 4.79 Å². The minimum absolute atomic E-state index is 0.127. The van der Waals surface area contributed by atoms with Crippen molar-refractivity contribution in [2.45, 2.75) is 13.0 Å². The van der Waals surface area contributed by atoms with Crippen molar-refractivity contribution in [2.75, 3.05) is 5.73 Å². The van der Waals surface area contributed by atoms with Crippen LogP contribution in [-0.4, -0.2) is 5.91 Å². The zero-order chi connectivity index (χ0) is 14.7. The van der Waals surface area contributed by atoms with Crippen molar-refractivity contribution in [2.24, 2.45) is 0 Å². The van der Waals surface area contributed by atoms with Crippen LogP contribution in [-0.2, 0) is 0 Å². The molecule has 0 radical (unpaired) electrons. The zero-order valence-electron chi connectivity index (χ0n) is 10.9. The summed E-state index contributed by atoms with van der Waals surface area (Å²) in [7, 11) is 0. The molecule has 0 spiro atoms. The van der Waals surface area contributed by atoms with Crippen molar-refractivity contribution in [3.8, 4) is 0 Å². The topological polar surface area (TPSA) is 55.1 Å². The molecule has 0 saturated carbocycles. The second kappa shape index (κ2) is 6.29. The normalized spacial score (nSPS) is 11.9. The number of nitrogens with two attached hydrogens (primary N) is 1. The summed E-state index contributed by atoms with van der Waals surface area (Å²) in [6.07, 6.45) is 0. The smallest absolute Gasteiger partial charge is 0.251 e. The summed E-state index contributed by atoms with van der Waals surface area (Å²) < 4.78 is 0.709. The molecule has 2 rings (SSSR count). The predicted octanol–water partition coefficient (Wildman–Crippen LogP) is 4.18. The van der Waals surface area contributed by atoms with E-state index in [2.05, 4.69) is 21.2 Å². The number of anilines is 1. The summed E-state index contributed by atoms with van der Waals surface area (Å²) in [5.41, 5.74) is 7.82. The lowest BCUT2D eigenvalue weighted by atomic mass is 10.1. The van der Waals surface area contributed by atoms with Gasteiger partial charge in [-0.05, 0) is 58.7 Å². The number of amides is 1. The Morgan fingerprint density at radius 3 is 2.70 bits per heavy atom. The second-order valence-electron chi connectivity index (χ2n) is 4.49. The second-order valence-corrected chi connectivity index (χ2v) is 5.78. The molecule has 0 aromatic heterocycles. The maximum Gasteiger partial charge on any atom is 0.251 e. The van der Waals surface area contributed by atoms with E-state index in [-0.39, 0.29) is 11.9 Å². The summed E-state index contributed by atoms with van der Waals surface area (Å²) in [5, 5.41) is 3.58. The number of carbonyl (C=O) groups excluding carboxylic acids is 1. The van der Waals surface area contributed by atoms with Gasteiger partial charge in [0, 0.05) is 20.7 Å². The average molecular weight is 354 g/mol. The first kappa shape index (κ1) is 14.9. The van der Waals surface area contributed by atoms with Gasteiger partial charge in [-0.25, -0.2) is 0 Å². The number of hydrogen-bond donors (Lipinski definition) is 2. The molecule has 2 aromatic carbocycles. The van der Waals surface area contributed by atoms with Crippen molar-refractivity contribution in [3.63, 3.8) is 0 Å². The van der Waals surface area contributed by atoms with Crippen LogP contribution in [0, 0.1) is 0 Å². The van der Waals surface area contributed by atoms with Gasteiger partial charge in [0.15, 0.2) is 0 Å². The maximum absolute atomic E-state index is 12.2. The third kappa shape index (κ3) is 3.52. The first-order valence-electron chi connectivity index (χ1n) is 6.08. The Morgan fingerprint density at radius 2 is 2.05 bits per heavy atom. The van der Waals surface area contributed by atoms with Gasteiger partial charge in [0.25, 0.3) is 5.91 Å². The molecule has 1 unspecified atom stereocenters. The molecule has 104 valence electrons. The van der Waals surface area contributed by atoms with E-state index >= 15 is 0 Å². The number of nitrogen functional groups attached to an aromatic ring is 1. The number of nitrogens with one attached hydrogen (secondary N) is 1. The van der Waals surface area contributed by atoms with Crippen LogP contribution >= 0.6 is 27.5 Å². The van der Waals surface area contributed by atoms with Gasteiger partial charge < -0.3 is 11.1 Å². The first-order valence-corrected chi connectivity index (χ1v) is 7.26. The molecule has 3 N–H and O–H groups in total. The van der Waals surface area contributed by atoms with Gasteiger partial charge in [0.05, 0.1) is 6.04 Å². The van der Waals surface area contributed by atoms with Crippen LogP contribution in [0.15, 0.2) is 46.9 Å². The monoisotopic (exact) mass is 352 g/mol. The van der Waals surface area contributed by atoms with Gasteiger partial charge in [0.1, 0.15) is 0 Å². The number of benzene rings is 2. The summed E-state index contributed by atoms with van der Waals surface area (Å²) in [5.74, 6) is -0.154. The van der Waals surface area contributed by atoms with Crippen LogP contribution in [0.1, 0.15) is 28.9 Å². The lowest BCUT2D eigenvalue weighted by Gasteiger charge is -2.15. The van der Waals surface area contributed by atoms with Gasteiger partial charge in [-0.1, -0.05) is 23.7 Å². The van der Waals surface area contributed by atoms with Crippen LogP contribution in [0.2, 0.25) is 5.02 Å². The van der Waals surface area contributed by atoms with Crippen molar-refractivity contribution in [1.29, 1.82) is 0 Å². The average Bonchev–Trinajstić information content (AvgIpc) is 2.41. The largest absolute Gasteiger partial charge is 0.398 e. The molecule has 0 heterocycles. The Kier molecular flexibility index (Phi) is 4.68. The van der Waals surface area contributed by atoms with Gasteiger partial charge in [-0.2, -0.15) is 0 Å². The molecule has 0 bridgehead atoms. The van der Waals surface area contributed by atoms with Gasteiger partial charge >= 0.3 is 0 Å². The minimum Gasteiger partial charge on any atom is -0.398 e. The summed E-state index contributed by atoms with van der Waals surface area (Å²) in [4.78, 5) is 12.2. The van der Waals surface area contributed by atoms with E-state index in [9.17, 15) is 4.79 Å². The van der Waals surface area contributed by atoms with Gasteiger partial charge in [0.2, 0.25) is 0 Å². The lowest BCUT2D eigenvalue weighted by molar-refractivity contribution is 0.0940. The molecule has 0 aliphatic rings. The van der Waals surface area contributed by atoms with E-state index < -0.39 is 0 Å². The molecule has 0 aliphatic heterocycles. The Bertz CT molecular complexity index is 646. The molecule has 1 atom stereocenters. The SMILES string of the molecule is CC(NC(=O)c1ccc(N)c(Br)c1)c1cccc(Cl)c1. The predicted molar refractivity (Wildman–Crippen MR) is 85.9 cm³/mol. The van der Waals surface area contributed by atoms with E-state index in [1.54, 1.807) is 24.3 Å². The molecule has 2 aromatic rings. The van der Waals surface area contributed by atoms with Crippen LogP contribution in [0.4, 0.5) is 5.69 Å². The highest BCUT2D eigenvalue weighted by Gasteiger charge is 2.12. The third-order valence-corrected chi connectivity index (χ3v) is 3.88. The zero-order valence-corrected chi connectivity index (χ0v) is 13.2. The molecule has 20 heavy (non-hydrogen) atoms. The van der Waals surface area contributed by atoms with Crippen molar-refractivity contribution >= 4 is 39.1 Å². The highest BCUT2D eigenvalue weighted by Crippen LogP contribution is 2.22. The van der Waals surface area contributed by atoms with Crippen LogP contribution < -0.4 is 11.1 Å². The Balaban J connectivity index is 2.13. The molecule has 3 nitrogen and oxygen atoms in total. The molecule has 1 amide bonds. The number of halogens is 2. The summed E-state index contributed by atoms with van der Waals surface area (Å²) in [6, 6.07) is 12.4. The molecule has 0 fully saturated rings. The van der Waals surface area contributed by atoms with Crippen molar-refractivity contribution in [3.05, 3.63) is 63.1 Å². The standard InChI is InChI=1S/C15H14BrClN2O/c1-9(10-3-2-4-12(17)7-10)19-15(20)11-5-6-14(18)13(16)8-11/h2-9H,18H2,1H3,(H,19,20). The summed E-state index contributed by atoms with van der Waals surface area (Å²) >= 11 is 9.26. The highest BCUT2D eigenvalue weighted by molar-refractivity contribution is 9.10. The van der Waals surface area contributed by atoms with Crippen LogP contribution in [0.3, 0.4) is 0 Å². The fraction of sp³-hybridized carbons (Fsp3) is 0.133. The highest BCUT2D eigenvalue weighted by atomic mass is 79.9. The van der Waals surface area contributed by atoms with E-state index in [0.717, 1.165) is 5.56 Å². The molecular formula is C15H14BrClN2O. The minimum atomic E-state index is -0.154. The summed E-state index contributed by atoms with van der Waals surface area (Å²) in [6.45, 7) is 1.91. The maximum atomic E-state index is 12.2. The molecular weight excluding hydrogens is 340 g/mol. The number of rotatable bonds is 3. The first-order chi connectivity index (χ1) is 9.47. The van der Waals surface area contributed by atoms with E-state index in [0.29, 0.717) is 20.7 Å². The van der Waals surface area contributed by atoms with Gasteiger partial charge in [-0.3, -0.25) is 4.79 Å².